The first kappa shape index (κ1) is 12.8. The molecule has 96 valence electrons. The zero-order valence-corrected chi connectivity index (χ0v) is 10.9. The maximum atomic E-state index is 8.80. The van der Waals surface area contributed by atoms with Crippen LogP contribution in [0.3, 0.4) is 0 Å². The van der Waals surface area contributed by atoms with Crippen molar-refractivity contribution >= 4 is 0 Å². The second-order valence-corrected chi connectivity index (χ2v) is 5.66. The van der Waals surface area contributed by atoms with Crippen LogP contribution in [0.1, 0.15) is 19.3 Å². The third-order valence-electron chi connectivity index (χ3n) is 4.02. The fraction of sp³-hybridized carbons (Fsp3) is 0.923. The van der Waals surface area contributed by atoms with Crippen LogP contribution in [0.5, 0.6) is 0 Å². The van der Waals surface area contributed by atoms with Gasteiger partial charge >= 0.3 is 0 Å². The van der Waals surface area contributed by atoms with Gasteiger partial charge < -0.3 is 10.2 Å². The first-order chi connectivity index (χ1) is 8.24. The van der Waals surface area contributed by atoms with E-state index in [0.29, 0.717) is 5.41 Å². The van der Waals surface area contributed by atoms with Gasteiger partial charge in [0, 0.05) is 52.2 Å². The highest BCUT2D eigenvalue weighted by atomic mass is 15.2. The van der Waals surface area contributed by atoms with E-state index >= 15 is 0 Å². The second kappa shape index (κ2) is 5.81. The highest BCUT2D eigenvalue weighted by Gasteiger charge is 2.42. The average Bonchev–Trinajstić information content (AvgIpc) is 3.08. The predicted octanol–water partition coefficient (Wildman–Crippen LogP) is 0.517. The summed E-state index contributed by atoms with van der Waals surface area (Å²) >= 11 is 0. The summed E-state index contributed by atoms with van der Waals surface area (Å²) in [6.45, 7) is 8.01. The number of likely N-dealkylation sites (N-methyl/N-ethyl adjacent to an activating group) is 1. The van der Waals surface area contributed by atoms with Gasteiger partial charge in [-0.25, -0.2) is 0 Å². The zero-order valence-electron chi connectivity index (χ0n) is 10.9. The summed E-state index contributed by atoms with van der Waals surface area (Å²) in [5.74, 6) is 0. The Morgan fingerprint density at radius 1 is 1.35 bits per heavy atom. The van der Waals surface area contributed by atoms with E-state index in [0.717, 1.165) is 32.6 Å². The molecule has 0 spiro atoms. The molecule has 0 radical (unpaired) electrons. The normalized spacial score (nSPS) is 23.6. The van der Waals surface area contributed by atoms with E-state index in [1.165, 1.54) is 32.5 Å². The Bertz CT molecular complexity index is 274. The Morgan fingerprint density at radius 3 is 2.65 bits per heavy atom. The van der Waals surface area contributed by atoms with E-state index in [4.69, 9.17) is 5.26 Å². The van der Waals surface area contributed by atoms with Gasteiger partial charge in [0.25, 0.3) is 0 Å². The van der Waals surface area contributed by atoms with Crippen molar-refractivity contribution in [3.05, 3.63) is 0 Å². The molecular formula is C13H24N4. The molecule has 1 aliphatic carbocycles. The molecule has 0 aromatic rings. The molecule has 17 heavy (non-hydrogen) atoms. The largest absolute Gasteiger partial charge is 0.314 e. The van der Waals surface area contributed by atoms with Crippen molar-refractivity contribution in [3.8, 4) is 6.07 Å². The van der Waals surface area contributed by atoms with E-state index in [1.54, 1.807) is 0 Å². The summed E-state index contributed by atoms with van der Waals surface area (Å²) in [7, 11) is 2.19. The molecule has 1 heterocycles. The molecule has 0 unspecified atom stereocenters. The standard InChI is InChI=1S/C13H24N4/c1-16(12-13(2-3-13)4-5-14)10-11-17-8-6-15-7-9-17/h15H,2-4,6-12H2,1H3. The molecule has 0 amide bonds. The lowest BCUT2D eigenvalue weighted by Gasteiger charge is -2.30. The Balaban J connectivity index is 1.63. The molecule has 0 bridgehead atoms. The summed E-state index contributed by atoms with van der Waals surface area (Å²) in [4.78, 5) is 4.93. The van der Waals surface area contributed by atoms with Gasteiger partial charge in [-0.05, 0) is 25.3 Å². The van der Waals surface area contributed by atoms with Crippen LogP contribution in [0.25, 0.3) is 0 Å². The van der Waals surface area contributed by atoms with Crippen molar-refractivity contribution in [1.82, 2.24) is 15.1 Å². The lowest BCUT2D eigenvalue weighted by Crippen LogP contribution is -2.46. The lowest BCUT2D eigenvalue weighted by atomic mass is 10.0. The van der Waals surface area contributed by atoms with Crippen LogP contribution >= 0.6 is 0 Å². The Labute approximate surface area is 105 Å². The smallest absolute Gasteiger partial charge is 0.0628 e. The maximum absolute atomic E-state index is 8.80. The highest BCUT2D eigenvalue weighted by Crippen LogP contribution is 2.48. The van der Waals surface area contributed by atoms with E-state index in [2.05, 4.69) is 28.2 Å². The number of hydrogen-bond donors (Lipinski definition) is 1. The van der Waals surface area contributed by atoms with E-state index < -0.39 is 0 Å². The number of nitriles is 1. The fourth-order valence-electron chi connectivity index (χ4n) is 2.63. The number of rotatable bonds is 6. The van der Waals surface area contributed by atoms with Gasteiger partial charge in [0.2, 0.25) is 0 Å². The summed E-state index contributed by atoms with van der Waals surface area (Å²) < 4.78 is 0. The molecule has 1 saturated heterocycles. The van der Waals surface area contributed by atoms with Gasteiger partial charge in [0.15, 0.2) is 0 Å². The first-order valence-electron chi connectivity index (χ1n) is 6.73. The molecular weight excluding hydrogens is 212 g/mol. The number of piperazine rings is 1. The van der Waals surface area contributed by atoms with E-state index in [-0.39, 0.29) is 0 Å². The predicted molar refractivity (Wildman–Crippen MR) is 68.7 cm³/mol. The minimum atomic E-state index is 0.354. The summed E-state index contributed by atoms with van der Waals surface area (Å²) in [5, 5.41) is 12.2. The minimum absolute atomic E-state index is 0.354. The quantitative estimate of drug-likeness (QED) is 0.730. The highest BCUT2D eigenvalue weighted by molar-refractivity contribution is 5.00. The molecule has 2 fully saturated rings. The van der Waals surface area contributed by atoms with Crippen molar-refractivity contribution < 1.29 is 0 Å². The van der Waals surface area contributed by atoms with Gasteiger partial charge in [-0.2, -0.15) is 5.26 Å². The summed E-state index contributed by atoms with van der Waals surface area (Å²) in [6.07, 6.45) is 3.24. The monoisotopic (exact) mass is 236 g/mol. The van der Waals surface area contributed by atoms with Crippen LogP contribution in [0.4, 0.5) is 0 Å². The van der Waals surface area contributed by atoms with Crippen molar-refractivity contribution in [2.24, 2.45) is 5.41 Å². The third kappa shape index (κ3) is 3.95. The Kier molecular flexibility index (Phi) is 4.38. The van der Waals surface area contributed by atoms with Crippen molar-refractivity contribution in [3.63, 3.8) is 0 Å². The molecule has 2 rings (SSSR count). The van der Waals surface area contributed by atoms with Gasteiger partial charge in [-0.15, -0.1) is 0 Å². The van der Waals surface area contributed by atoms with Crippen molar-refractivity contribution in [2.75, 3.05) is 52.9 Å². The van der Waals surface area contributed by atoms with Crippen LogP contribution in [0, 0.1) is 16.7 Å². The molecule has 4 heteroatoms. The number of nitrogens with one attached hydrogen (secondary N) is 1. The van der Waals surface area contributed by atoms with Crippen molar-refractivity contribution in [2.45, 2.75) is 19.3 Å². The van der Waals surface area contributed by atoms with Crippen LogP contribution in [-0.4, -0.2) is 62.7 Å². The Morgan fingerprint density at radius 2 is 2.06 bits per heavy atom. The molecule has 0 aromatic carbocycles. The Hall–Kier alpha value is -0.630. The molecule has 4 nitrogen and oxygen atoms in total. The topological polar surface area (TPSA) is 42.3 Å². The van der Waals surface area contributed by atoms with Crippen LogP contribution in [0.2, 0.25) is 0 Å². The molecule has 2 aliphatic rings. The van der Waals surface area contributed by atoms with E-state index in [1.807, 2.05) is 0 Å². The SMILES string of the molecule is CN(CCN1CCNCC1)CC1(CC#N)CC1. The van der Waals surface area contributed by atoms with Crippen molar-refractivity contribution in [1.29, 1.82) is 5.26 Å². The molecule has 0 atom stereocenters. The average molecular weight is 236 g/mol. The van der Waals surface area contributed by atoms with Gasteiger partial charge in [0.05, 0.1) is 6.07 Å². The third-order valence-corrected chi connectivity index (χ3v) is 4.02. The molecule has 0 aromatic heterocycles. The first-order valence-corrected chi connectivity index (χ1v) is 6.73. The number of hydrogen-bond acceptors (Lipinski definition) is 4. The van der Waals surface area contributed by atoms with Crippen LogP contribution in [-0.2, 0) is 0 Å². The second-order valence-electron chi connectivity index (χ2n) is 5.66. The summed E-state index contributed by atoms with van der Waals surface area (Å²) in [6, 6.07) is 2.34. The fourth-order valence-corrected chi connectivity index (χ4v) is 2.63. The molecule has 1 N–H and O–H groups in total. The van der Waals surface area contributed by atoms with Crippen LogP contribution in [0.15, 0.2) is 0 Å². The molecule has 1 saturated carbocycles. The maximum Gasteiger partial charge on any atom is 0.0628 e. The summed E-state index contributed by atoms with van der Waals surface area (Å²) in [5.41, 5.74) is 0.354. The molecule has 1 aliphatic heterocycles. The lowest BCUT2D eigenvalue weighted by molar-refractivity contribution is 0.189. The van der Waals surface area contributed by atoms with Gasteiger partial charge in [0.1, 0.15) is 0 Å². The number of nitrogens with zero attached hydrogens (tertiary/aromatic N) is 3. The zero-order chi connectivity index (χ0) is 12.1. The van der Waals surface area contributed by atoms with Gasteiger partial charge in [-0.3, -0.25) is 4.90 Å². The van der Waals surface area contributed by atoms with E-state index in [9.17, 15) is 0 Å². The minimum Gasteiger partial charge on any atom is -0.314 e. The van der Waals surface area contributed by atoms with Crippen LogP contribution < -0.4 is 5.32 Å². The van der Waals surface area contributed by atoms with Gasteiger partial charge in [-0.1, -0.05) is 0 Å².